The zero-order valence-corrected chi connectivity index (χ0v) is 12.8. The van der Waals surface area contributed by atoms with Gasteiger partial charge in [0.05, 0.1) is 17.8 Å². The highest BCUT2D eigenvalue weighted by molar-refractivity contribution is 4.99. The Kier molecular flexibility index (Phi) is 7.10. The van der Waals surface area contributed by atoms with Crippen LogP contribution < -0.4 is 5.32 Å². The van der Waals surface area contributed by atoms with Crippen LogP contribution in [0.2, 0.25) is 0 Å². The van der Waals surface area contributed by atoms with Gasteiger partial charge in [0.1, 0.15) is 0 Å². The van der Waals surface area contributed by atoms with Crippen LogP contribution in [-0.2, 0) is 6.54 Å². The van der Waals surface area contributed by atoms with E-state index >= 15 is 0 Å². The molecular formula is C15H29N3O. The van der Waals surface area contributed by atoms with Crippen molar-refractivity contribution in [1.82, 2.24) is 15.1 Å². The summed E-state index contributed by atoms with van der Waals surface area (Å²) in [5.74, 6) is 0.533. The maximum atomic E-state index is 9.78. The maximum absolute atomic E-state index is 9.78. The SMILES string of the molecule is CCC(CC)n1ccc(CNCC(O)CC(C)C)n1. The van der Waals surface area contributed by atoms with Crippen LogP contribution in [0, 0.1) is 5.92 Å². The van der Waals surface area contributed by atoms with E-state index in [2.05, 4.69) is 55.1 Å². The van der Waals surface area contributed by atoms with Crippen molar-refractivity contribution in [2.24, 2.45) is 5.92 Å². The lowest BCUT2D eigenvalue weighted by Gasteiger charge is -2.14. The van der Waals surface area contributed by atoms with Gasteiger partial charge in [0.15, 0.2) is 0 Å². The predicted octanol–water partition coefficient (Wildman–Crippen LogP) is 2.74. The first-order valence-electron chi connectivity index (χ1n) is 7.49. The lowest BCUT2D eigenvalue weighted by molar-refractivity contribution is 0.146. The molecule has 0 aromatic carbocycles. The molecule has 0 spiro atoms. The van der Waals surface area contributed by atoms with Gasteiger partial charge in [-0.05, 0) is 31.2 Å². The molecule has 0 aliphatic carbocycles. The van der Waals surface area contributed by atoms with Crippen LogP contribution in [0.3, 0.4) is 0 Å². The lowest BCUT2D eigenvalue weighted by atomic mass is 10.1. The number of nitrogens with zero attached hydrogens (tertiary/aromatic N) is 2. The Balaban J connectivity index is 2.34. The van der Waals surface area contributed by atoms with Crippen molar-refractivity contribution in [2.75, 3.05) is 6.54 Å². The van der Waals surface area contributed by atoms with E-state index in [1.165, 1.54) is 0 Å². The molecule has 0 fully saturated rings. The highest BCUT2D eigenvalue weighted by Gasteiger charge is 2.09. The van der Waals surface area contributed by atoms with Crippen LogP contribution in [0.15, 0.2) is 12.3 Å². The van der Waals surface area contributed by atoms with E-state index in [-0.39, 0.29) is 6.10 Å². The van der Waals surface area contributed by atoms with Gasteiger partial charge in [-0.3, -0.25) is 4.68 Å². The fourth-order valence-corrected chi connectivity index (χ4v) is 2.33. The van der Waals surface area contributed by atoms with Gasteiger partial charge >= 0.3 is 0 Å². The van der Waals surface area contributed by atoms with Gasteiger partial charge in [0.2, 0.25) is 0 Å². The van der Waals surface area contributed by atoms with Crippen molar-refractivity contribution in [3.05, 3.63) is 18.0 Å². The Hall–Kier alpha value is -0.870. The number of aliphatic hydroxyl groups excluding tert-OH is 1. The molecule has 1 heterocycles. The minimum absolute atomic E-state index is 0.263. The largest absolute Gasteiger partial charge is 0.392 e. The first-order valence-corrected chi connectivity index (χ1v) is 7.49. The first kappa shape index (κ1) is 16.2. The second kappa shape index (κ2) is 8.33. The minimum atomic E-state index is -0.263. The van der Waals surface area contributed by atoms with Crippen LogP contribution in [0.5, 0.6) is 0 Å². The molecule has 0 saturated carbocycles. The fraction of sp³-hybridized carbons (Fsp3) is 0.800. The number of rotatable bonds is 9. The van der Waals surface area contributed by atoms with Gasteiger partial charge in [-0.15, -0.1) is 0 Å². The van der Waals surface area contributed by atoms with Crippen molar-refractivity contribution in [1.29, 1.82) is 0 Å². The van der Waals surface area contributed by atoms with E-state index in [4.69, 9.17) is 0 Å². The van der Waals surface area contributed by atoms with Crippen molar-refractivity contribution in [3.8, 4) is 0 Å². The van der Waals surface area contributed by atoms with Crippen molar-refractivity contribution in [3.63, 3.8) is 0 Å². The minimum Gasteiger partial charge on any atom is -0.392 e. The summed E-state index contributed by atoms with van der Waals surface area (Å²) in [7, 11) is 0. The second-order valence-corrected chi connectivity index (χ2v) is 5.67. The van der Waals surface area contributed by atoms with Gasteiger partial charge in [0.25, 0.3) is 0 Å². The average molecular weight is 267 g/mol. The molecule has 1 rings (SSSR count). The monoisotopic (exact) mass is 267 g/mol. The molecule has 1 aromatic rings. The van der Waals surface area contributed by atoms with E-state index in [9.17, 15) is 5.11 Å². The molecule has 0 aliphatic rings. The highest BCUT2D eigenvalue weighted by Crippen LogP contribution is 2.14. The zero-order chi connectivity index (χ0) is 14.3. The Morgan fingerprint density at radius 2 is 2.00 bits per heavy atom. The normalized spacial score (nSPS) is 13.4. The quantitative estimate of drug-likeness (QED) is 0.723. The molecule has 1 atom stereocenters. The van der Waals surface area contributed by atoms with E-state index in [1.54, 1.807) is 0 Å². The summed E-state index contributed by atoms with van der Waals surface area (Å²) in [6.07, 6.45) is 4.85. The van der Waals surface area contributed by atoms with Gasteiger partial charge < -0.3 is 10.4 Å². The number of aromatic nitrogens is 2. The van der Waals surface area contributed by atoms with Crippen LogP contribution in [-0.4, -0.2) is 27.5 Å². The molecule has 110 valence electrons. The third-order valence-corrected chi connectivity index (χ3v) is 3.41. The second-order valence-electron chi connectivity index (χ2n) is 5.67. The van der Waals surface area contributed by atoms with Crippen LogP contribution in [0.4, 0.5) is 0 Å². The van der Waals surface area contributed by atoms with Crippen LogP contribution in [0.1, 0.15) is 58.7 Å². The highest BCUT2D eigenvalue weighted by atomic mass is 16.3. The predicted molar refractivity (Wildman–Crippen MR) is 79.0 cm³/mol. The summed E-state index contributed by atoms with van der Waals surface area (Å²) in [6, 6.07) is 2.56. The van der Waals surface area contributed by atoms with Crippen molar-refractivity contribution < 1.29 is 5.11 Å². The average Bonchev–Trinajstić information content (AvgIpc) is 2.78. The molecule has 0 saturated heterocycles. The molecule has 4 nitrogen and oxygen atoms in total. The van der Waals surface area contributed by atoms with Gasteiger partial charge in [-0.1, -0.05) is 27.7 Å². The Bertz CT molecular complexity index is 345. The summed E-state index contributed by atoms with van der Waals surface area (Å²) in [4.78, 5) is 0. The third-order valence-electron chi connectivity index (χ3n) is 3.41. The Morgan fingerprint density at radius 3 is 2.58 bits per heavy atom. The molecule has 2 N–H and O–H groups in total. The molecule has 4 heteroatoms. The van der Waals surface area contributed by atoms with Gasteiger partial charge in [-0.2, -0.15) is 5.10 Å². The van der Waals surface area contributed by atoms with Crippen molar-refractivity contribution in [2.45, 2.75) is 65.6 Å². The lowest BCUT2D eigenvalue weighted by Crippen LogP contribution is -2.27. The first-order chi connectivity index (χ1) is 9.06. The molecule has 0 radical (unpaired) electrons. The molecule has 1 unspecified atom stereocenters. The number of hydrogen-bond donors (Lipinski definition) is 2. The van der Waals surface area contributed by atoms with E-state index in [0.29, 0.717) is 18.5 Å². The van der Waals surface area contributed by atoms with Gasteiger partial charge in [-0.25, -0.2) is 0 Å². The third kappa shape index (κ3) is 5.74. The Labute approximate surface area is 117 Å². The summed E-state index contributed by atoms with van der Waals surface area (Å²) in [6.45, 7) is 9.99. The van der Waals surface area contributed by atoms with Crippen LogP contribution >= 0.6 is 0 Å². The number of aliphatic hydroxyl groups is 1. The molecule has 19 heavy (non-hydrogen) atoms. The standard InChI is InChI=1S/C15H29N3O/c1-5-14(6-2)18-8-7-13(17-18)10-16-11-15(19)9-12(3)4/h7-8,12,14-16,19H,5-6,9-11H2,1-4H3. The van der Waals surface area contributed by atoms with Crippen LogP contribution in [0.25, 0.3) is 0 Å². The molecule has 0 aliphatic heterocycles. The van der Waals surface area contributed by atoms with E-state index in [0.717, 1.165) is 31.5 Å². The summed E-state index contributed by atoms with van der Waals surface area (Å²) >= 11 is 0. The van der Waals surface area contributed by atoms with E-state index in [1.807, 2.05) is 0 Å². The molecular weight excluding hydrogens is 238 g/mol. The number of hydrogen-bond acceptors (Lipinski definition) is 3. The smallest absolute Gasteiger partial charge is 0.0762 e. The summed E-state index contributed by atoms with van der Waals surface area (Å²) < 4.78 is 2.06. The zero-order valence-electron chi connectivity index (χ0n) is 12.8. The summed E-state index contributed by atoms with van der Waals surface area (Å²) in [5.41, 5.74) is 1.05. The maximum Gasteiger partial charge on any atom is 0.0762 e. The number of nitrogens with one attached hydrogen (secondary N) is 1. The van der Waals surface area contributed by atoms with E-state index < -0.39 is 0 Å². The molecule has 0 bridgehead atoms. The fourth-order valence-electron chi connectivity index (χ4n) is 2.33. The molecule has 1 aromatic heterocycles. The Morgan fingerprint density at radius 1 is 1.32 bits per heavy atom. The van der Waals surface area contributed by atoms with Gasteiger partial charge in [0, 0.05) is 19.3 Å². The van der Waals surface area contributed by atoms with Crippen molar-refractivity contribution >= 4 is 0 Å². The molecule has 0 amide bonds. The summed E-state index contributed by atoms with van der Waals surface area (Å²) in [5, 5.41) is 17.6. The topological polar surface area (TPSA) is 50.1 Å².